The highest BCUT2D eigenvalue weighted by molar-refractivity contribution is 9.10. The molecule has 0 aliphatic carbocycles. The predicted molar refractivity (Wildman–Crippen MR) is 98.7 cm³/mol. The van der Waals surface area contributed by atoms with Crippen LogP contribution in [-0.2, 0) is 0 Å². The van der Waals surface area contributed by atoms with Crippen molar-refractivity contribution in [3.05, 3.63) is 57.9 Å². The molecule has 1 N–H and O–H groups in total. The van der Waals surface area contributed by atoms with Crippen LogP contribution in [0.5, 0.6) is 0 Å². The van der Waals surface area contributed by atoms with Gasteiger partial charge in [0.2, 0.25) is 5.82 Å². The van der Waals surface area contributed by atoms with Crippen molar-refractivity contribution >= 4 is 44.1 Å². The number of carbonyl (C=O) groups excluding carboxylic acids is 1. The Morgan fingerprint density at radius 2 is 2.16 bits per heavy atom. The molecule has 0 radical (unpaired) electrons. The van der Waals surface area contributed by atoms with Gasteiger partial charge in [-0.1, -0.05) is 28.1 Å². The molecular weight excluding hydrogens is 404 g/mol. The highest BCUT2D eigenvalue weighted by atomic mass is 79.9. The Morgan fingerprint density at radius 3 is 2.96 bits per heavy atom. The van der Waals surface area contributed by atoms with Gasteiger partial charge in [0.05, 0.1) is 5.69 Å². The number of hydrogen-bond donors (Lipinski definition) is 1. The van der Waals surface area contributed by atoms with Crippen LogP contribution in [0.25, 0.3) is 17.0 Å². The quantitative estimate of drug-likeness (QED) is 0.553. The number of nitrogens with zero attached hydrogens (tertiary/aromatic N) is 5. The summed E-state index contributed by atoms with van der Waals surface area (Å²) in [6, 6.07) is 9.62. The molecule has 0 aliphatic heterocycles. The molecule has 0 bridgehead atoms. The average molecular weight is 415 g/mol. The zero-order chi connectivity index (χ0) is 17.4. The zero-order valence-corrected chi connectivity index (χ0v) is 15.4. The third-order valence-electron chi connectivity index (χ3n) is 3.48. The number of carbonyl (C=O) groups is 1. The van der Waals surface area contributed by atoms with Crippen LogP contribution < -0.4 is 5.32 Å². The second-order valence-electron chi connectivity index (χ2n) is 5.24. The summed E-state index contributed by atoms with van der Waals surface area (Å²) >= 11 is 4.79. The number of halogens is 1. The van der Waals surface area contributed by atoms with Gasteiger partial charge in [0.25, 0.3) is 11.7 Å². The van der Waals surface area contributed by atoms with Gasteiger partial charge in [0.1, 0.15) is 0 Å². The molecule has 4 rings (SSSR count). The smallest absolute Gasteiger partial charge is 0.295 e. The molecule has 7 nitrogen and oxygen atoms in total. The van der Waals surface area contributed by atoms with Crippen LogP contribution in [0, 0.1) is 6.92 Å². The SMILES string of the molecule is Cc1ccnc2nc(C(=O)Nc3nc(-c4cccc(Br)c4)cs3)nn12. The lowest BCUT2D eigenvalue weighted by atomic mass is 10.2. The van der Waals surface area contributed by atoms with Crippen LogP contribution >= 0.6 is 27.3 Å². The van der Waals surface area contributed by atoms with Gasteiger partial charge >= 0.3 is 0 Å². The number of aromatic nitrogens is 5. The molecule has 1 aromatic carbocycles. The summed E-state index contributed by atoms with van der Waals surface area (Å²) in [5, 5.41) is 9.30. The van der Waals surface area contributed by atoms with Gasteiger partial charge in [-0.2, -0.15) is 4.98 Å². The van der Waals surface area contributed by atoms with E-state index in [9.17, 15) is 4.79 Å². The van der Waals surface area contributed by atoms with Crippen molar-refractivity contribution in [2.45, 2.75) is 6.92 Å². The number of thiazole rings is 1. The summed E-state index contributed by atoms with van der Waals surface area (Å²) in [5.41, 5.74) is 2.61. The molecule has 0 saturated heterocycles. The van der Waals surface area contributed by atoms with Crippen molar-refractivity contribution in [2.75, 3.05) is 5.32 Å². The Balaban J connectivity index is 1.57. The van der Waals surface area contributed by atoms with Crippen molar-refractivity contribution in [2.24, 2.45) is 0 Å². The topological polar surface area (TPSA) is 85.1 Å². The van der Waals surface area contributed by atoms with Crippen LogP contribution in [0.2, 0.25) is 0 Å². The van der Waals surface area contributed by atoms with Crippen LogP contribution in [0.1, 0.15) is 16.3 Å². The number of anilines is 1. The summed E-state index contributed by atoms with van der Waals surface area (Å²) in [7, 11) is 0. The molecule has 0 aliphatic rings. The van der Waals surface area contributed by atoms with Crippen molar-refractivity contribution in [3.8, 4) is 11.3 Å². The minimum atomic E-state index is -0.417. The molecule has 9 heteroatoms. The second-order valence-corrected chi connectivity index (χ2v) is 7.01. The van der Waals surface area contributed by atoms with E-state index >= 15 is 0 Å². The molecule has 0 saturated carbocycles. The molecule has 1 amide bonds. The molecule has 3 aromatic heterocycles. The number of aryl methyl sites for hydroxylation is 1. The Morgan fingerprint density at radius 1 is 1.28 bits per heavy atom. The second kappa shape index (κ2) is 6.34. The Labute approximate surface area is 154 Å². The van der Waals surface area contributed by atoms with Gasteiger partial charge in [0.15, 0.2) is 5.13 Å². The van der Waals surface area contributed by atoms with E-state index in [0.717, 1.165) is 21.4 Å². The first-order valence-corrected chi connectivity index (χ1v) is 8.98. The minimum Gasteiger partial charge on any atom is -0.295 e. The number of nitrogens with one attached hydrogen (secondary N) is 1. The minimum absolute atomic E-state index is 0.0565. The van der Waals surface area contributed by atoms with Crippen molar-refractivity contribution < 1.29 is 4.79 Å². The average Bonchev–Trinajstić information content (AvgIpc) is 3.22. The van der Waals surface area contributed by atoms with Crippen LogP contribution in [0.4, 0.5) is 5.13 Å². The number of hydrogen-bond acceptors (Lipinski definition) is 6. The first-order chi connectivity index (χ1) is 12.1. The molecule has 25 heavy (non-hydrogen) atoms. The molecule has 3 heterocycles. The lowest BCUT2D eigenvalue weighted by Gasteiger charge is -1.98. The third-order valence-corrected chi connectivity index (χ3v) is 4.73. The van der Waals surface area contributed by atoms with Gasteiger partial charge in [-0.25, -0.2) is 14.5 Å². The largest absolute Gasteiger partial charge is 0.297 e. The van der Waals surface area contributed by atoms with Gasteiger partial charge in [-0.05, 0) is 25.1 Å². The van der Waals surface area contributed by atoms with Crippen molar-refractivity contribution in [3.63, 3.8) is 0 Å². The Kier molecular flexibility index (Phi) is 4.02. The van der Waals surface area contributed by atoms with Gasteiger partial charge < -0.3 is 0 Å². The molecule has 124 valence electrons. The van der Waals surface area contributed by atoms with Crippen LogP contribution in [0.15, 0.2) is 46.4 Å². The standard InChI is InChI=1S/C16H11BrN6OS/c1-9-5-6-18-15-20-13(22-23(9)15)14(24)21-16-19-12(8-25-16)10-3-2-4-11(17)7-10/h2-8H,1H3,(H,19,21,24). The highest BCUT2D eigenvalue weighted by Gasteiger charge is 2.16. The monoisotopic (exact) mass is 414 g/mol. The maximum Gasteiger partial charge on any atom is 0.297 e. The number of amides is 1. The number of fused-ring (bicyclic) bond motifs is 1. The van der Waals surface area contributed by atoms with Gasteiger partial charge in [-0.15, -0.1) is 16.4 Å². The molecule has 4 aromatic rings. The fourth-order valence-electron chi connectivity index (χ4n) is 2.27. The Bertz CT molecular complexity index is 1090. The van der Waals surface area contributed by atoms with Gasteiger partial charge in [0, 0.05) is 27.3 Å². The lowest BCUT2D eigenvalue weighted by molar-refractivity contribution is 0.101. The van der Waals surface area contributed by atoms with Crippen molar-refractivity contribution in [1.82, 2.24) is 24.6 Å². The number of rotatable bonds is 3. The van der Waals surface area contributed by atoms with E-state index < -0.39 is 5.91 Å². The van der Waals surface area contributed by atoms with E-state index in [1.165, 1.54) is 15.9 Å². The Hall–Kier alpha value is -2.65. The van der Waals surface area contributed by atoms with E-state index in [1.807, 2.05) is 36.6 Å². The fourth-order valence-corrected chi connectivity index (χ4v) is 3.38. The first-order valence-electron chi connectivity index (χ1n) is 7.31. The van der Waals surface area contributed by atoms with Crippen molar-refractivity contribution in [1.29, 1.82) is 0 Å². The summed E-state index contributed by atoms with van der Waals surface area (Å²) in [5.74, 6) is 0.0279. The van der Waals surface area contributed by atoms with Gasteiger partial charge in [-0.3, -0.25) is 10.1 Å². The van der Waals surface area contributed by atoms with E-state index in [2.05, 4.69) is 41.3 Å². The van der Waals surface area contributed by atoms with E-state index in [4.69, 9.17) is 0 Å². The molecule has 0 unspecified atom stereocenters. The molecular formula is C16H11BrN6OS. The van der Waals surface area contributed by atoms with E-state index in [0.29, 0.717) is 10.9 Å². The summed E-state index contributed by atoms with van der Waals surface area (Å²) in [6.07, 6.45) is 1.63. The summed E-state index contributed by atoms with van der Waals surface area (Å²) in [6.45, 7) is 1.87. The van der Waals surface area contributed by atoms with Crippen LogP contribution in [0.3, 0.4) is 0 Å². The lowest BCUT2D eigenvalue weighted by Crippen LogP contribution is -2.13. The molecule has 0 spiro atoms. The normalized spacial score (nSPS) is 11.0. The summed E-state index contributed by atoms with van der Waals surface area (Å²) < 4.78 is 2.50. The summed E-state index contributed by atoms with van der Waals surface area (Å²) in [4.78, 5) is 25.1. The fraction of sp³-hybridized carbons (Fsp3) is 0.0625. The molecule has 0 atom stereocenters. The first kappa shape index (κ1) is 15.9. The maximum absolute atomic E-state index is 12.4. The third kappa shape index (κ3) is 3.15. The van der Waals surface area contributed by atoms with E-state index in [1.54, 1.807) is 12.3 Å². The zero-order valence-electron chi connectivity index (χ0n) is 13.0. The predicted octanol–water partition coefficient (Wildman–Crippen LogP) is 3.57. The van der Waals surface area contributed by atoms with Crippen LogP contribution in [-0.4, -0.2) is 30.5 Å². The molecule has 0 fully saturated rings. The maximum atomic E-state index is 12.4. The van der Waals surface area contributed by atoms with E-state index in [-0.39, 0.29) is 5.82 Å². The number of benzene rings is 1. The highest BCUT2D eigenvalue weighted by Crippen LogP contribution is 2.27.